The number of ether oxygens (including phenoxy) is 1. The van der Waals surface area contributed by atoms with Crippen molar-refractivity contribution in [1.82, 2.24) is 15.5 Å². The van der Waals surface area contributed by atoms with Crippen LogP contribution in [0.5, 0.6) is 0 Å². The Labute approximate surface area is 125 Å². The summed E-state index contributed by atoms with van der Waals surface area (Å²) in [6.07, 6.45) is 1.06. The second-order valence-corrected chi connectivity index (χ2v) is 5.59. The molecule has 1 atom stereocenters. The van der Waals surface area contributed by atoms with E-state index < -0.39 is 0 Å². The van der Waals surface area contributed by atoms with Gasteiger partial charge in [0.25, 0.3) is 0 Å². The van der Waals surface area contributed by atoms with Gasteiger partial charge in [-0.25, -0.2) is 0 Å². The Kier molecular flexibility index (Phi) is 11.5. The highest BCUT2D eigenvalue weighted by Crippen LogP contribution is 1.99. The van der Waals surface area contributed by atoms with Crippen LogP contribution in [0.15, 0.2) is 4.99 Å². The van der Waals surface area contributed by atoms with E-state index in [9.17, 15) is 0 Å². The summed E-state index contributed by atoms with van der Waals surface area (Å²) in [5.74, 6) is 1.52. The molecule has 120 valence electrons. The molecule has 5 heteroatoms. The molecular weight excluding hydrogens is 252 g/mol. The number of hydrogen-bond acceptors (Lipinski definition) is 3. The number of nitrogens with zero attached hydrogens (tertiary/aromatic N) is 2. The second kappa shape index (κ2) is 12.0. The van der Waals surface area contributed by atoms with Crippen LogP contribution in [0.3, 0.4) is 0 Å². The molecule has 0 aromatic heterocycles. The lowest BCUT2D eigenvalue weighted by atomic mass is 10.1. The van der Waals surface area contributed by atoms with Crippen molar-refractivity contribution in [3.05, 3.63) is 0 Å². The van der Waals surface area contributed by atoms with Gasteiger partial charge in [-0.05, 0) is 39.8 Å². The van der Waals surface area contributed by atoms with Gasteiger partial charge in [0.1, 0.15) is 0 Å². The fourth-order valence-electron chi connectivity index (χ4n) is 1.59. The predicted molar refractivity (Wildman–Crippen MR) is 87.4 cm³/mol. The summed E-state index contributed by atoms with van der Waals surface area (Å²) in [5, 5.41) is 6.74. The van der Waals surface area contributed by atoms with Crippen molar-refractivity contribution in [3.63, 3.8) is 0 Å². The van der Waals surface area contributed by atoms with E-state index in [-0.39, 0.29) is 0 Å². The number of hydrogen-bond donors (Lipinski definition) is 2. The minimum Gasteiger partial charge on any atom is -0.383 e. The molecule has 0 heterocycles. The van der Waals surface area contributed by atoms with E-state index in [1.54, 1.807) is 7.11 Å². The lowest BCUT2D eigenvalue weighted by Crippen LogP contribution is -2.44. The van der Waals surface area contributed by atoms with Crippen LogP contribution in [0.1, 0.15) is 34.1 Å². The van der Waals surface area contributed by atoms with Crippen LogP contribution in [0.2, 0.25) is 0 Å². The van der Waals surface area contributed by atoms with Crippen LogP contribution in [0, 0.1) is 5.92 Å². The van der Waals surface area contributed by atoms with Crippen molar-refractivity contribution in [1.29, 1.82) is 0 Å². The molecule has 0 bridgehead atoms. The van der Waals surface area contributed by atoms with E-state index in [0.717, 1.165) is 45.2 Å². The Morgan fingerprint density at radius 1 is 1.25 bits per heavy atom. The maximum atomic E-state index is 5.07. The standard InChI is InChI=1S/C15H34N4O/c1-7-16-15(18-14(4)13(2)3)17-9-8-10-19(5)11-12-20-6/h13-14H,7-12H2,1-6H3,(H2,16,17,18). The van der Waals surface area contributed by atoms with Crippen molar-refractivity contribution in [2.24, 2.45) is 10.9 Å². The van der Waals surface area contributed by atoms with Gasteiger partial charge >= 0.3 is 0 Å². The minimum absolute atomic E-state index is 0.428. The summed E-state index contributed by atoms with van der Waals surface area (Å²) in [6.45, 7) is 13.3. The Hall–Kier alpha value is -0.810. The van der Waals surface area contributed by atoms with Crippen molar-refractivity contribution < 1.29 is 4.74 Å². The highest BCUT2D eigenvalue weighted by Gasteiger charge is 2.08. The Morgan fingerprint density at radius 3 is 2.50 bits per heavy atom. The van der Waals surface area contributed by atoms with Gasteiger partial charge in [0.15, 0.2) is 5.96 Å². The van der Waals surface area contributed by atoms with Gasteiger partial charge in [-0.3, -0.25) is 4.99 Å². The summed E-state index contributed by atoms with van der Waals surface area (Å²) in [7, 11) is 3.86. The van der Waals surface area contributed by atoms with E-state index in [1.165, 1.54) is 0 Å². The molecule has 0 aromatic carbocycles. The normalized spacial score (nSPS) is 13.9. The van der Waals surface area contributed by atoms with Gasteiger partial charge in [-0.1, -0.05) is 13.8 Å². The van der Waals surface area contributed by atoms with E-state index in [1.807, 2.05) is 0 Å². The zero-order chi connectivity index (χ0) is 15.4. The molecule has 2 N–H and O–H groups in total. The fourth-order valence-corrected chi connectivity index (χ4v) is 1.59. The zero-order valence-corrected chi connectivity index (χ0v) is 14.2. The molecule has 20 heavy (non-hydrogen) atoms. The third kappa shape index (κ3) is 10.0. The molecule has 0 aliphatic carbocycles. The molecule has 0 aliphatic heterocycles. The van der Waals surface area contributed by atoms with Crippen LogP contribution < -0.4 is 10.6 Å². The number of aliphatic imine (C=N–C) groups is 1. The van der Waals surface area contributed by atoms with Gasteiger partial charge in [0, 0.05) is 32.8 Å². The monoisotopic (exact) mass is 286 g/mol. The molecule has 0 saturated heterocycles. The van der Waals surface area contributed by atoms with Crippen LogP contribution in [0.25, 0.3) is 0 Å². The number of rotatable bonds is 10. The Morgan fingerprint density at radius 2 is 1.95 bits per heavy atom. The number of likely N-dealkylation sites (N-methyl/N-ethyl adjacent to an activating group) is 1. The van der Waals surface area contributed by atoms with Crippen LogP contribution >= 0.6 is 0 Å². The average Bonchev–Trinajstić information content (AvgIpc) is 2.41. The quantitative estimate of drug-likeness (QED) is 0.363. The highest BCUT2D eigenvalue weighted by molar-refractivity contribution is 5.80. The Balaban J connectivity index is 4.02. The second-order valence-electron chi connectivity index (χ2n) is 5.59. The molecule has 5 nitrogen and oxygen atoms in total. The number of methoxy groups -OCH3 is 1. The van der Waals surface area contributed by atoms with Crippen molar-refractivity contribution in [2.45, 2.75) is 40.2 Å². The summed E-state index contributed by atoms with van der Waals surface area (Å²) in [5.41, 5.74) is 0. The summed E-state index contributed by atoms with van der Waals surface area (Å²) in [6, 6.07) is 0.428. The van der Waals surface area contributed by atoms with E-state index in [2.05, 4.69) is 55.3 Å². The van der Waals surface area contributed by atoms with Gasteiger partial charge in [-0.15, -0.1) is 0 Å². The first-order valence-electron chi connectivity index (χ1n) is 7.73. The van der Waals surface area contributed by atoms with Gasteiger partial charge in [-0.2, -0.15) is 0 Å². The smallest absolute Gasteiger partial charge is 0.191 e. The predicted octanol–water partition coefficient (Wildman–Crippen LogP) is 1.55. The van der Waals surface area contributed by atoms with Gasteiger partial charge < -0.3 is 20.3 Å². The van der Waals surface area contributed by atoms with E-state index in [0.29, 0.717) is 12.0 Å². The summed E-state index contributed by atoms with van der Waals surface area (Å²) >= 11 is 0. The molecule has 0 fully saturated rings. The largest absolute Gasteiger partial charge is 0.383 e. The van der Waals surface area contributed by atoms with Crippen LogP contribution in [0.4, 0.5) is 0 Å². The molecule has 1 unspecified atom stereocenters. The van der Waals surface area contributed by atoms with Crippen molar-refractivity contribution >= 4 is 5.96 Å². The van der Waals surface area contributed by atoms with Crippen LogP contribution in [-0.4, -0.2) is 63.8 Å². The van der Waals surface area contributed by atoms with E-state index in [4.69, 9.17) is 4.74 Å². The molecule has 0 radical (unpaired) electrons. The van der Waals surface area contributed by atoms with Gasteiger partial charge in [0.05, 0.1) is 6.61 Å². The number of nitrogens with one attached hydrogen (secondary N) is 2. The minimum atomic E-state index is 0.428. The van der Waals surface area contributed by atoms with Crippen LogP contribution in [-0.2, 0) is 4.74 Å². The highest BCUT2D eigenvalue weighted by atomic mass is 16.5. The topological polar surface area (TPSA) is 48.9 Å². The zero-order valence-electron chi connectivity index (χ0n) is 14.2. The first kappa shape index (κ1) is 19.2. The third-order valence-electron chi connectivity index (χ3n) is 3.35. The lowest BCUT2D eigenvalue weighted by molar-refractivity contribution is 0.161. The molecule has 0 spiro atoms. The molecule has 0 amide bonds. The van der Waals surface area contributed by atoms with E-state index >= 15 is 0 Å². The summed E-state index contributed by atoms with van der Waals surface area (Å²) in [4.78, 5) is 6.90. The van der Waals surface area contributed by atoms with Crippen molar-refractivity contribution in [2.75, 3.05) is 46.9 Å². The van der Waals surface area contributed by atoms with Crippen molar-refractivity contribution in [3.8, 4) is 0 Å². The van der Waals surface area contributed by atoms with Gasteiger partial charge in [0.2, 0.25) is 0 Å². The SMILES string of the molecule is CCNC(=NCCCN(C)CCOC)NC(C)C(C)C. The average molecular weight is 286 g/mol. The first-order chi connectivity index (χ1) is 9.51. The maximum Gasteiger partial charge on any atom is 0.191 e. The number of guanidine groups is 1. The fraction of sp³-hybridized carbons (Fsp3) is 0.933. The third-order valence-corrected chi connectivity index (χ3v) is 3.35. The molecule has 0 rings (SSSR count). The molecular formula is C15H34N4O. The summed E-state index contributed by atoms with van der Waals surface area (Å²) < 4.78 is 5.07. The molecule has 0 aliphatic rings. The maximum absolute atomic E-state index is 5.07. The lowest BCUT2D eigenvalue weighted by Gasteiger charge is -2.21. The first-order valence-corrected chi connectivity index (χ1v) is 7.73. The Bertz CT molecular complexity index is 256. The molecule has 0 saturated carbocycles. The molecule has 0 aromatic rings.